The van der Waals surface area contributed by atoms with Crippen LogP contribution in [0.15, 0.2) is 29.3 Å². The molecule has 4 unspecified atom stereocenters. The molecule has 0 radical (unpaired) electrons. The lowest BCUT2D eigenvalue weighted by Crippen LogP contribution is -2.72. The van der Waals surface area contributed by atoms with Crippen molar-refractivity contribution in [2.24, 2.45) is 16.3 Å². The summed E-state index contributed by atoms with van der Waals surface area (Å²) in [5, 5.41) is 7.15. The van der Waals surface area contributed by atoms with Gasteiger partial charge in [-0.3, -0.25) is 4.99 Å². The molecular weight excluding hydrogens is 453 g/mol. The molecule has 3 fully saturated rings. The fourth-order valence-electron chi connectivity index (χ4n) is 4.99. The molecule has 4 atom stereocenters. The monoisotopic (exact) mass is 485 g/mol. The Morgan fingerprint density at radius 2 is 2.15 bits per heavy atom. The molecule has 0 aromatic heterocycles. The second-order valence-corrected chi connectivity index (χ2v) is 8.10. The van der Waals surface area contributed by atoms with Crippen molar-refractivity contribution in [3.63, 3.8) is 0 Å². The highest BCUT2D eigenvalue weighted by Crippen LogP contribution is 2.62. The number of aliphatic imine (C=N–C) groups is 1. The molecule has 5 nitrogen and oxygen atoms in total. The highest BCUT2D eigenvalue weighted by atomic mass is 127. The number of nitrogens with zero attached hydrogens (tertiary/aromatic N) is 1. The van der Waals surface area contributed by atoms with Crippen molar-refractivity contribution < 1.29 is 9.47 Å². The summed E-state index contributed by atoms with van der Waals surface area (Å²) in [6, 6.07) is 8.64. The van der Waals surface area contributed by atoms with Gasteiger partial charge in [-0.15, -0.1) is 24.0 Å². The molecule has 27 heavy (non-hydrogen) atoms. The summed E-state index contributed by atoms with van der Waals surface area (Å²) in [5.41, 5.74) is 1.53. The van der Waals surface area contributed by atoms with Crippen LogP contribution in [0.3, 0.4) is 0 Å². The van der Waals surface area contributed by atoms with Gasteiger partial charge in [0.15, 0.2) is 5.96 Å². The maximum absolute atomic E-state index is 6.06. The molecule has 2 N–H and O–H groups in total. The van der Waals surface area contributed by atoms with Gasteiger partial charge in [-0.1, -0.05) is 24.6 Å². The number of halogens is 1. The van der Waals surface area contributed by atoms with Gasteiger partial charge >= 0.3 is 0 Å². The molecule has 1 aromatic rings. The summed E-state index contributed by atoms with van der Waals surface area (Å²) in [6.07, 6.45) is 5.63. The normalized spacial score (nSPS) is 29.0. The van der Waals surface area contributed by atoms with Crippen LogP contribution in [0.25, 0.3) is 0 Å². The minimum absolute atomic E-state index is 0. The molecule has 150 valence electrons. The fraction of sp³-hybridized carbons (Fsp3) is 0.667. The SMILES string of the molecule is CN=C(NCC(C)Oc1ccccc1C)NC1C2CCOC2C12CCC2.I. The largest absolute Gasteiger partial charge is 0.489 e. The van der Waals surface area contributed by atoms with Crippen molar-refractivity contribution in [1.82, 2.24) is 10.6 Å². The Labute approximate surface area is 179 Å². The minimum Gasteiger partial charge on any atom is -0.489 e. The number of hydrogen-bond donors (Lipinski definition) is 2. The van der Waals surface area contributed by atoms with E-state index in [4.69, 9.17) is 9.47 Å². The Balaban J connectivity index is 0.00000210. The van der Waals surface area contributed by atoms with E-state index >= 15 is 0 Å². The van der Waals surface area contributed by atoms with Crippen LogP contribution in [-0.4, -0.2) is 44.4 Å². The molecule has 1 aromatic carbocycles. The number of hydrogen-bond acceptors (Lipinski definition) is 3. The van der Waals surface area contributed by atoms with Gasteiger partial charge in [0, 0.05) is 31.0 Å². The number of fused-ring (bicyclic) bond motifs is 2. The van der Waals surface area contributed by atoms with E-state index < -0.39 is 0 Å². The lowest BCUT2D eigenvalue weighted by molar-refractivity contribution is -0.171. The summed E-state index contributed by atoms with van der Waals surface area (Å²) >= 11 is 0. The first-order valence-electron chi connectivity index (χ1n) is 9.95. The summed E-state index contributed by atoms with van der Waals surface area (Å²) in [6.45, 7) is 5.80. The summed E-state index contributed by atoms with van der Waals surface area (Å²) < 4.78 is 12.1. The Morgan fingerprint density at radius 3 is 2.81 bits per heavy atom. The van der Waals surface area contributed by atoms with Crippen LogP contribution in [0.4, 0.5) is 0 Å². The van der Waals surface area contributed by atoms with E-state index in [0.717, 1.165) is 30.4 Å². The Hall–Kier alpha value is -1.02. The van der Waals surface area contributed by atoms with E-state index in [1.165, 1.54) is 25.7 Å². The zero-order valence-electron chi connectivity index (χ0n) is 16.5. The average Bonchev–Trinajstić information content (AvgIpc) is 3.01. The van der Waals surface area contributed by atoms with Crippen LogP contribution in [-0.2, 0) is 4.74 Å². The second-order valence-electron chi connectivity index (χ2n) is 8.10. The van der Waals surface area contributed by atoms with Gasteiger partial charge in [0.25, 0.3) is 0 Å². The number of para-hydroxylation sites is 1. The molecule has 1 saturated heterocycles. The zero-order valence-corrected chi connectivity index (χ0v) is 18.9. The highest BCUT2D eigenvalue weighted by Gasteiger charge is 2.66. The van der Waals surface area contributed by atoms with Crippen LogP contribution >= 0.6 is 24.0 Å². The summed E-state index contributed by atoms with van der Waals surface area (Å²) in [4.78, 5) is 4.44. The van der Waals surface area contributed by atoms with E-state index in [0.29, 0.717) is 23.5 Å². The first-order valence-corrected chi connectivity index (χ1v) is 9.95. The van der Waals surface area contributed by atoms with Gasteiger partial charge in [0.1, 0.15) is 11.9 Å². The second kappa shape index (κ2) is 8.55. The van der Waals surface area contributed by atoms with Crippen molar-refractivity contribution in [3.8, 4) is 5.75 Å². The van der Waals surface area contributed by atoms with Crippen molar-refractivity contribution in [1.29, 1.82) is 0 Å². The Bertz CT molecular complexity index is 677. The number of guanidine groups is 1. The summed E-state index contributed by atoms with van der Waals surface area (Å²) in [5.74, 6) is 2.48. The van der Waals surface area contributed by atoms with Crippen molar-refractivity contribution in [3.05, 3.63) is 29.8 Å². The molecule has 1 heterocycles. The van der Waals surface area contributed by atoms with E-state index in [1.807, 2.05) is 25.2 Å². The number of nitrogens with one attached hydrogen (secondary N) is 2. The number of aryl methyl sites for hydroxylation is 1. The van der Waals surface area contributed by atoms with Gasteiger partial charge in [-0.25, -0.2) is 0 Å². The lowest BCUT2D eigenvalue weighted by Gasteiger charge is -2.63. The van der Waals surface area contributed by atoms with Crippen molar-refractivity contribution in [2.45, 2.75) is 57.8 Å². The van der Waals surface area contributed by atoms with E-state index in [2.05, 4.69) is 35.5 Å². The van der Waals surface area contributed by atoms with Gasteiger partial charge in [0.05, 0.1) is 12.6 Å². The van der Waals surface area contributed by atoms with E-state index in [1.54, 1.807) is 0 Å². The Morgan fingerprint density at radius 1 is 1.37 bits per heavy atom. The van der Waals surface area contributed by atoms with Gasteiger partial charge in [-0.2, -0.15) is 0 Å². The molecule has 2 saturated carbocycles. The maximum atomic E-state index is 6.06. The van der Waals surface area contributed by atoms with Crippen LogP contribution in [0.1, 0.15) is 38.2 Å². The topological polar surface area (TPSA) is 54.9 Å². The standard InChI is InChI=1S/C21H31N3O2.HI/c1-14-7-4-5-8-17(14)26-15(2)13-23-20(22-3)24-18-16-9-12-25-19(16)21(18)10-6-11-21;/h4-5,7-8,15-16,18-19H,6,9-13H2,1-3H3,(H2,22,23,24);1H. The third kappa shape index (κ3) is 3.79. The minimum atomic E-state index is 0. The van der Waals surface area contributed by atoms with Crippen LogP contribution < -0.4 is 15.4 Å². The fourth-order valence-corrected chi connectivity index (χ4v) is 4.99. The van der Waals surface area contributed by atoms with E-state index in [-0.39, 0.29) is 30.1 Å². The third-order valence-corrected chi connectivity index (χ3v) is 6.53. The Kier molecular flexibility index (Phi) is 6.56. The van der Waals surface area contributed by atoms with Crippen LogP contribution in [0.2, 0.25) is 0 Å². The molecule has 0 bridgehead atoms. The average molecular weight is 485 g/mol. The molecule has 1 spiro atoms. The van der Waals surface area contributed by atoms with Crippen molar-refractivity contribution >= 4 is 29.9 Å². The molecule has 1 aliphatic heterocycles. The predicted octanol–water partition coefficient (Wildman–Crippen LogP) is 3.50. The lowest BCUT2D eigenvalue weighted by atomic mass is 9.46. The van der Waals surface area contributed by atoms with Crippen LogP contribution in [0, 0.1) is 18.3 Å². The first kappa shape index (κ1) is 20.7. The van der Waals surface area contributed by atoms with Gasteiger partial charge < -0.3 is 20.1 Å². The molecule has 4 rings (SSSR count). The van der Waals surface area contributed by atoms with Crippen molar-refractivity contribution in [2.75, 3.05) is 20.2 Å². The number of ether oxygens (including phenoxy) is 2. The molecule has 6 heteroatoms. The number of rotatable bonds is 5. The molecular formula is C21H32IN3O2. The molecule has 3 aliphatic rings. The van der Waals surface area contributed by atoms with Crippen LogP contribution in [0.5, 0.6) is 5.75 Å². The third-order valence-electron chi connectivity index (χ3n) is 6.53. The zero-order chi connectivity index (χ0) is 18.1. The maximum Gasteiger partial charge on any atom is 0.191 e. The molecule has 0 amide bonds. The van der Waals surface area contributed by atoms with Gasteiger partial charge in [0.2, 0.25) is 0 Å². The summed E-state index contributed by atoms with van der Waals surface area (Å²) in [7, 11) is 1.84. The van der Waals surface area contributed by atoms with Gasteiger partial charge in [-0.05, 0) is 44.7 Å². The smallest absolute Gasteiger partial charge is 0.191 e. The predicted molar refractivity (Wildman–Crippen MR) is 119 cm³/mol. The number of benzene rings is 1. The quantitative estimate of drug-likeness (QED) is 0.381. The first-order chi connectivity index (χ1) is 12.6. The molecule has 2 aliphatic carbocycles. The van der Waals surface area contributed by atoms with E-state index in [9.17, 15) is 0 Å². The highest BCUT2D eigenvalue weighted by molar-refractivity contribution is 14.0.